The van der Waals surface area contributed by atoms with Crippen LogP contribution in [0.25, 0.3) is 0 Å². The van der Waals surface area contributed by atoms with Gasteiger partial charge in [-0.1, -0.05) is 30.3 Å². The lowest BCUT2D eigenvalue weighted by Gasteiger charge is -2.52. The molecule has 4 N–H and O–H groups in total. The molecule has 1 aromatic rings. The van der Waals surface area contributed by atoms with E-state index in [1.807, 2.05) is 0 Å². The fourth-order valence-corrected chi connectivity index (χ4v) is 4.17. The summed E-state index contributed by atoms with van der Waals surface area (Å²) in [6.07, 6.45) is -6.74. The SMILES string of the molecule is Cl.N[C@H]1CC(F)(F)CC[C@@]1(O)N(C(=O)OCc1ccccc1)[C@H]1CC(F)(F)CC[C@@H]1O. The van der Waals surface area contributed by atoms with Gasteiger partial charge in [0.25, 0.3) is 0 Å². The molecule has 6 nitrogen and oxygen atoms in total. The van der Waals surface area contributed by atoms with E-state index in [-0.39, 0.29) is 25.4 Å². The molecule has 2 saturated carbocycles. The Morgan fingerprint density at radius 1 is 1.10 bits per heavy atom. The summed E-state index contributed by atoms with van der Waals surface area (Å²) in [5.41, 5.74) is 4.06. The zero-order valence-corrected chi connectivity index (χ0v) is 17.5. The van der Waals surface area contributed by atoms with Crippen molar-refractivity contribution in [1.29, 1.82) is 0 Å². The van der Waals surface area contributed by atoms with E-state index in [1.165, 1.54) is 0 Å². The van der Waals surface area contributed by atoms with Crippen LogP contribution in [0.3, 0.4) is 0 Å². The number of rotatable bonds is 4. The number of hydrogen-bond acceptors (Lipinski definition) is 5. The van der Waals surface area contributed by atoms with E-state index in [0.717, 1.165) is 0 Å². The standard InChI is InChI=1S/C20H26F4N2O4.ClH/c21-18(22)7-6-15(27)14(10-18)26(17(28)30-12-13-4-2-1-3-5-13)20(29)9-8-19(23,24)11-16(20)25;/h1-5,14-16,27,29H,6-12,25H2;1H/t14-,15-,16-,20-;/m0./s1. The van der Waals surface area contributed by atoms with Crippen molar-refractivity contribution < 1.29 is 37.3 Å². The van der Waals surface area contributed by atoms with Gasteiger partial charge in [0, 0.05) is 32.1 Å². The van der Waals surface area contributed by atoms with Crippen molar-refractivity contribution in [3.05, 3.63) is 35.9 Å². The largest absolute Gasteiger partial charge is 0.444 e. The lowest BCUT2D eigenvalue weighted by atomic mass is 9.80. The second-order valence-corrected chi connectivity index (χ2v) is 8.19. The van der Waals surface area contributed by atoms with Crippen molar-refractivity contribution in [2.24, 2.45) is 5.73 Å². The average molecular weight is 471 g/mol. The van der Waals surface area contributed by atoms with Crippen LogP contribution < -0.4 is 5.73 Å². The third-order valence-electron chi connectivity index (χ3n) is 5.88. The fourth-order valence-electron chi connectivity index (χ4n) is 4.17. The minimum Gasteiger partial charge on any atom is -0.444 e. The van der Waals surface area contributed by atoms with E-state index in [0.29, 0.717) is 10.5 Å². The van der Waals surface area contributed by atoms with Gasteiger partial charge >= 0.3 is 6.09 Å². The van der Waals surface area contributed by atoms with E-state index in [1.54, 1.807) is 30.3 Å². The number of carbonyl (C=O) groups is 1. The smallest absolute Gasteiger partial charge is 0.412 e. The molecular weight excluding hydrogens is 444 g/mol. The summed E-state index contributed by atoms with van der Waals surface area (Å²) in [4.78, 5) is 13.5. The Kier molecular flexibility index (Phi) is 7.84. The normalized spacial score (nSPS) is 31.9. The molecule has 2 fully saturated rings. The third kappa shape index (κ3) is 5.79. The van der Waals surface area contributed by atoms with Gasteiger partial charge in [-0.2, -0.15) is 0 Å². The minimum atomic E-state index is -3.19. The Morgan fingerprint density at radius 3 is 2.32 bits per heavy atom. The van der Waals surface area contributed by atoms with Gasteiger partial charge in [0.2, 0.25) is 11.8 Å². The highest BCUT2D eigenvalue weighted by Gasteiger charge is 2.57. The van der Waals surface area contributed by atoms with Gasteiger partial charge < -0.3 is 20.7 Å². The predicted octanol–water partition coefficient (Wildman–Crippen LogP) is 3.43. The fraction of sp³-hybridized carbons (Fsp3) is 0.650. The van der Waals surface area contributed by atoms with Gasteiger partial charge in [0.1, 0.15) is 6.61 Å². The number of carbonyl (C=O) groups excluding carboxylic acids is 1. The first kappa shape index (κ1) is 25.6. The van der Waals surface area contributed by atoms with Crippen LogP contribution in [0, 0.1) is 0 Å². The van der Waals surface area contributed by atoms with E-state index >= 15 is 0 Å². The molecule has 1 amide bonds. The zero-order chi connectivity index (χ0) is 22.2. The van der Waals surface area contributed by atoms with Crippen molar-refractivity contribution in [3.8, 4) is 0 Å². The predicted molar refractivity (Wildman–Crippen MR) is 106 cm³/mol. The van der Waals surface area contributed by atoms with Crippen LogP contribution in [0.2, 0.25) is 0 Å². The Morgan fingerprint density at radius 2 is 1.71 bits per heavy atom. The van der Waals surface area contributed by atoms with Crippen molar-refractivity contribution in [3.63, 3.8) is 0 Å². The summed E-state index contributed by atoms with van der Waals surface area (Å²) in [7, 11) is 0. The van der Waals surface area contributed by atoms with Crippen LogP contribution in [0.1, 0.15) is 44.1 Å². The minimum absolute atomic E-state index is 0. The van der Waals surface area contributed by atoms with Crippen LogP contribution in [0.15, 0.2) is 30.3 Å². The van der Waals surface area contributed by atoms with Crippen molar-refractivity contribution >= 4 is 18.5 Å². The van der Waals surface area contributed by atoms with Crippen LogP contribution in [-0.2, 0) is 11.3 Å². The highest BCUT2D eigenvalue weighted by molar-refractivity contribution is 5.85. The van der Waals surface area contributed by atoms with Gasteiger partial charge in [0.05, 0.1) is 18.2 Å². The quantitative estimate of drug-likeness (QED) is 0.463. The molecule has 0 aromatic heterocycles. The van der Waals surface area contributed by atoms with Gasteiger partial charge in [-0.15, -0.1) is 12.4 Å². The second-order valence-electron chi connectivity index (χ2n) is 8.19. The molecule has 2 aliphatic carbocycles. The van der Waals surface area contributed by atoms with Gasteiger partial charge in [0.15, 0.2) is 5.72 Å². The Balaban J connectivity index is 0.00000341. The number of alkyl halides is 4. The maximum atomic E-state index is 14.1. The molecule has 0 saturated heterocycles. The molecule has 4 atom stereocenters. The summed E-state index contributed by atoms with van der Waals surface area (Å²) in [6, 6.07) is 5.37. The number of nitrogens with zero attached hydrogens (tertiary/aromatic N) is 1. The molecule has 0 heterocycles. The number of aliphatic hydroxyl groups is 2. The molecule has 0 bridgehead atoms. The summed E-state index contributed by atoms with van der Waals surface area (Å²) < 4.78 is 60.9. The van der Waals surface area contributed by atoms with Crippen LogP contribution in [0.5, 0.6) is 0 Å². The van der Waals surface area contributed by atoms with Crippen LogP contribution in [0.4, 0.5) is 22.4 Å². The lowest BCUT2D eigenvalue weighted by molar-refractivity contribution is -0.210. The first-order chi connectivity index (χ1) is 13.9. The first-order valence-corrected chi connectivity index (χ1v) is 9.85. The van der Waals surface area contributed by atoms with Crippen molar-refractivity contribution in [2.45, 2.75) is 80.9 Å². The molecule has 3 rings (SSSR count). The summed E-state index contributed by atoms with van der Waals surface area (Å²) in [5, 5.41) is 21.5. The Labute approximate surface area is 183 Å². The molecule has 2 aliphatic rings. The Bertz CT molecular complexity index is 758. The Hall–Kier alpha value is -1.62. The van der Waals surface area contributed by atoms with Crippen molar-refractivity contribution in [1.82, 2.24) is 4.90 Å². The van der Waals surface area contributed by atoms with E-state index in [4.69, 9.17) is 10.5 Å². The van der Waals surface area contributed by atoms with Gasteiger partial charge in [-0.05, 0) is 12.0 Å². The van der Waals surface area contributed by atoms with Gasteiger partial charge in [-0.3, -0.25) is 4.90 Å². The van der Waals surface area contributed by atoms with E-state index < -0.39 is 74.0 Å². The maximum absolute atomic E-state index is 14.1. The molecule has 11 heteroatoms. The average Bonchev–Trinajstić information content (AvgIpc) is 2.67. The van der Waals surface area contributed by atoms with Crippen LogP contribution in [-0.4, -0.2) is 57.0 Å². The van der Waals surface area contributed by atoms with E-state index in [9.17, 15) is 32.6 Å². The molecule has 0 unspecified atom stereocenters. The number of nitrogens with two attached hydrogens (primary N) is 1. The van der Waals surface area contributed by atoms with Crippen molar-refractivity contribution in [2.75, 3.05) is 0 Å². The summed E-state index contributed by atoms with van der Waals surface area (Å²) in [6.45, 7) is -0.225. The third-order valence-corrected chi connectivity index (χ3v) is 5.88. The number of benzene rings is 1. The second kappa shape index (κ2) is 9.48. The molecule has 0 radical (unpaired) electrons. The monoisotopic (exact) mass is 470 g/mol. The molecule has 0 spiro atoms. The molecular formula is C20H27ClF4N2O4. The van der Waals surface area contributed by atoms with Crippen LogP contribution >= 0.6 is 12.4 Å². The molecule has 31 heavy (non-hydrogen) atoms. The highest BCUT2D eigenvalue weighted by Crippen LogP contribution is 2.44. The first-order valence-electron chi connectivity index (χ1n) is 9.85. The topological polar surface area (TPSA) is 96.0 Å². The number of aliphatic hydroxyl groups excluding tert-OH is 1. The number of ether oxygens (including phenoxy) is 1. The lowest BCUT2D eigenvalue weighted by Crippen LogP contribution is -2.70. The van der Waals surface area contributed by atoms with E-state index in [2.05, 4.69) is 0 Å². The number of hydrogen-bond donors (Lipinski definition) is 3. The molecule has 0 aliphatic heterocycles. The number of amides is 1. The van der Waals surface area contributed by atoms with Gasteiger partial charge in [-0.25, -0.2) is 22.4 Å². The molecule has 1 aromatic carbocycles. The summed E-state index contributed by atoms with van der Waals surface area (Å²) >= 11 is 0. The number of halogens is 5. The summed E-state index contributed by atoms with van der Waals surface area (Å²) in [5.74, 6) is -6.35. The molecule has 176 valence electrons. The zero-order valence-electron chi connectivity index (χ0n) is 16.7. The highest BCUT2D eigenvalue weighted by atomic mass is 35.5. The maximum Gasteiger partial charge on any atom is 0.412 e.